The zero-order chi connectivity index (χ0) is 13.8. The molecule has 0 saturated heterocycles. The van der Waals surface area contributed by atoms with Crippen LogP contribution in [-0.4, -0.2) is 25.6 Å². The summed E-state index contributed by atoms with van der Waals surface area (Å²) in [5.41, 5.74) is 1.39. The van der Waals surface area contributed by atoms with Gasteiger partial charge in [-0.15, -0.1) is 0 Å². The second-order valence-corrected chi connectivity index (χ2v) is 5.60. The highest BCUT2D eigenvalue weighted by Gasteiger charge is 2.12. The highest BCUT2D eigenvalue weighted by atomic mass is 32.2. The third kappa shape index (κ3) is 4.40. The number of nitrogens with zero attached hydrogens (tertiary/aromatic N) is 1. The lowest BCUT2D eigenvalue weighted by Gasteiger charge is -2.07. The van der Waals surface area contributed by atoms with Crippen LogP contribution in [0.3, 0.4) is 0 Å². The molecule has 1 rings (SSSR count). The van der Waals surface area contributed by atoms with Crippen LogP contribution in [0.5, 0.6) is 0 Å². The van der Waals surface area contributed by atoms with Gasteiger partial charge in [0.1, 0.15) is 0 Å². The minimum Gasteiger partial charge on any atom is -0.312 e. The predicted octanol–water partition coefficient (Wildman–Crippen LogP) is 0.281. The maximum atomic E-state index is 10.7. The number of nitro benzene ring substituents is 1. The molecular formula is C10H15N3O4S. The number of benzene rings is 1. The summed E-state index contributed by atoms with van der Waals surface area (Å²) < 4.78 is 21.4. The smallest absolute Gasteiger partial charge is 0.272 e. The van der Waals surface area contributed by atoms with Crippen LogP contribution in [0.25, 0.3) is 0 Å². The van der Waals surface area contributed by atoms with E-state index in [2.05, 4.69) is 5.32 Å². The van der Waals surface area contributed by atoms with Gasteiger partial charge in [-0.1, -0.05) is 12.1 Å². The standard InChI is InChI=1S/C10H15N3O4S/c1-8-9(3-2-4-10(8)13(14)15)7-12-5-6-18(11,16)17/h2-4,12H,5-7H2,1H3,(H2,11,16,17). The zero-order valence-corrected chi connectivity index (χ0v) is 10.7. The lowest BCUT2D eigenvalue weighted by atomic mass is 10.1. The van der Waals surface area contributed by atoms with E-state index in [1.807, 2.05) is 0 Å². The van der Waals surface area contributed by atoms with Crippen LogP contribution in [0.2, 0.25) is 0 Å². The molecule has 0 aliphatic heterocycles. The van der Waals surface area contributed by atoms with Crippen LogP contribution in [0.15, 0.2) is 18.2 Å². The summed E-state index contributed by atoms with van der Waals surface area (Å²) in [5.74, 6) is -0.166. The number of hydrogen-bond acceptors (Lipinski definition) is 5. The number of nitro groups is 1. The average Bonchev–Trinajstić information content (AvgIpc) is 2.24. The van der Waals surface area contributed by atoms with Crippen molar-refractivity contribution in [3.8, 4) is 0 Å². The Morgan fingerprint density at radius 3 is 2.67 bits per heavy atom. The van der Waals surface area contributed by atoms with E-state index in [4.69, 9.17) is 5.14 Å². The number of rotatable bonds is 6. The molecule has 18 heavy (non-hydrogen) atoms. The third-order valence-electron chi connectivity index (χ3n) is 2.49. The molecule has 0 bridgehead atoms. The van der Waals surface area contributed by atoms with E-state index in [-0.39, 0.29) is 18.0 Å². The van der Waals surface area contributed by atoms with E-state index in [0.29, 0.717) is 12.1 Å². The molecule has 1 aromatic rings. The molecule has 0 amide bonds. The molecule has 7 nitrogen and oxygen atoms in total. The molecule has 0 atom stereocenters. The van der Waals surface area contributed by atoms with E-state index in [9.17, 15) is 18.5 Å². The van der Waals surface area contributed by atoms with E-state index in [0.717, 1.165) is 5.56 Å². The molecule has 0 aliphatic carbocycles. The third-order valence-corrected chi connectivity index (χ3v) is 3.27. The fourth-order valence-electron chi connectivity index (χ4n) is 1.50. The van der Waals surface area contributed by atoms with Crippen LogP contribution in [0.4, 0.5) is 5.69 Å². The maximum Gasteiger partial charge on any atom is 0.272 e. The van der Waals surface area contributed by atoms with Gasteiger partial charge in [-0.2, -0.15) is 0 Å². The molecule has 0 saturated carbocycles. The van der Waals surface area contributed by atoms with Gasteiger partial charge in [0.2, 0.25) is 10.0 Å². The Hall–Kier alpha value is -1.51. The second-order valence-electron chi connectivity index (χ2n) is 3.86. The van der Waals surface area contributed by atoms with Crippen molar-refractivity contribution in [2.24, 2.45) is 5.14 Å². The summed E-state index contributed by atoms with van der Waals surface area (Å²) in [5, 5.41) is 18.5. The average molecular weight is 273 g/mol. The van der Waals surface area contributed by atoms with Crippen molar-refractivity contribution in [3.63, 3.8) is 0 Å². The first-order valence-corrected chi connectivity index (χ1v) is 6.97. The fraction of sp³-hybridized carbons (Fsp3) is 0.400. The summed E-state index contributed by atoms with van der Waals surface area (Å²) in [6, 6.07) is 4.79. The van der Waals surface area contributed by atoms with Gasteiger partial charge in [-0.05, 0) is 12.5 Å². The number of primary sulfonamides is 1. The first kappa shape index (κ1) is 14.6. The Bertz CT molecular complexity index is 542. The molecule has 0 heterocycles. The molecule has 0 aliphatic rings. The Labute approximate surface area is 105 Å². The predicted molar refractivity (Wildman–Crippen MR) is 67.5 cm³/mol. The van der Waals surface area contributed by atoms with Crippen LogP contribution < -0.4 is 10.5 Å². The lowest BCUT2D eigenvalue weighted by molar-refractivity contribution is -0.385. The normalized spacial score (nSPS) is 11.4. The number of nitrogens with two attached hydrogens (primary N) is 1. The van der Waals surface area contributed by atoms with Crippen molar-refractivity contribution in [3.05, 3.63) is 39.4 Å². The van der Waals surface area contributed by atoms with Gasteiger partial charge >= 0.3 is 0 Å². The number of sulfonamides is 1. The number of hydrogen-bond donors (Lipinski definition) is 2. The molecule has 8 heteroatoms. The lowest BCUT2D eigenvalue weighted by Crippen LogP contribution is -2.27. The van der Waals surface area contributed by atoms with Crippen molar-refractivity contribution in [2.45, 2.75) is 13.5 Å². The van der Waals surface area contributed by atoms with Crippen molar-refractivity contribution < 1.29 is 13.3 Å². The SMILES string of the molecule is Cc1c(CNCCS(N)(=O)=O)cccc1[N+](=O)[O-]. The summed E-state index contributed by atoms with van der Waals surface area (Å²) in [4.78, 5) is 10.3. The Balaban J connectivity index is 2.63. The topological polar surface area (TPSA) is 115 Å². The van der Waals surface area contributed by atoms with E-state index >= 15 is 0 Å². The monoisotopic (exact) mass is 273 g/mol. The summed E-state index contributed by atoms with van der Waals surface area (Å²) in [6.07, 6.45) is 0. The highest BCUT2D eigenvalue weighted by molar-refractivity contribution is 7.89. The van der Waals surface area contributed by atoms with Crippen molar-refractivity contribution in [2.75, 3.05) is 12.3 Å². The van der Waals surface area contributed by atoms with Crippen LogP contribution in [-0.2, 0) is 16.6 Å². The van der Waals surface area contributed by atoms with Gasteiger partial charge in [0, 0.05) is 24.7 Å². The molecule has 0 aromatic heterocycles. The minimum atomic E-state index is -3.48. The molecule has 100 valence electrons. The van der Waals surface area contributed by atoms with Crippen molar-refractivity contribution >= 4 is 15.7 Å². The first-order chi connectivity index (χ1) is 8.31. The second kappa shape index (κ2) is 5.89. The largest absolute Gasteiger partial charge is 0.312 e. The first-order valence-electron chi connectivity index (χ1n) is 5.25. The fourth-order valence-corrected chi connectivity index (χ4v) is 1.93. The number of nitrogens with one attached hydrogen (secondary N) is 1. The van der Waals surface area contributed by atoms with Gasteiger partial charge in [0.05, 0.1) is 10.7 Å². The summed E-state index contributed by atoms with van der Waals surface area (Å²) in [6.45, 7) is 2.23. The van der Waals surface area contributed by atoms with Crippen molar-refractivity contribution in [1.29, 1.82) is 0 Å². The highest BCUT2D eigenvalue weighted by Crippen LogP contribution is 2.20. The summed E-state index contributed by atoms with van der Waals surface area (Å²) >= 11 is 0. The van der Waals surface area contributed by atoms with E-state index in [1.54, 1.807) is 19.1 Å². The summed E-state index contributed by atoms with van der Waals surface area (Å²) in [7, 11) is -3.48. The van der Waals surface area contributed by atoms with Gasteiger partial charge < -0.3 is 5.32 Å². The molecule has 1 aromatic carbocycles. The maximum absolute atomic E-state index is 10.7. The Morgan fingerprint density at radius 1 is 1.44 bits per heavy atom. The Kier molecular flexibility index (Phi) is 4.76. The molecule has 0 unspecified atom stereocenters. The van der Waals surface area contributed by atoms with E-state index in [1.165, 1.54) is 6.07 Å². The van der Waals surface area contributed by atoms with Crippen LogP contribution in [0.1, 0.15) is 11.1 Å². The van der Waals surface area contributed by atoms with Gasteiger partial charge in [0.25, 0.3) is 5.69 Å². The van der Waals surface area contributed by atoms with Crippen LogP contribution in [0, 0.1) is 17.0 Å². The molecule has 0 spiro atoms. The molecule has 0 radical (unpaired) electrons. The van der Waals surface area contributed by atoms with Crippen LogP contribution >= 0.6 is 0 Å². The van der Waals surface area contributed by atoms with Gasteiger partial charge in [-0.3, -0.25) is 10.1 Å². The molecule has 0 fully saturated rings. The quantitative estimate of drug-likeness (QED) is 0.439. The zero-order valence-electron chi connectivity index (χ0n) is 9.92. The Morgan fingerprint density at radius 2 is 2.11 bits per heavy atom. The van der Waals surface area contributed by atoms with Gasteiger partial charge in [-0.25, -0.2) is 13.6 Å². The van der Waals surface area contributed by atoms with Gasteiger partial charge in [0.15, 0.2) is 0 Å². The van der Waals surface area contributed by atoms with E-state index < -0.39 is 14.9 Å². The van der Waals surface area contributed by atoms with Crippen molar-refractivity contribution in [1.82, 2.24) is 5.32 Å². The molecular weight excluding hydrogens is 258 g/mol. The molecule has 3 N–H and O–H groups in total. The minimum absolute atomic E-state index is 0.0562.